The number of hydrogen-bond donors (Lipinski definition) is 2. The van der Waals surface area contributed by atoms with E-state index in [1.807, 2.05) is 26.0 Å². The molecule has 1 fully saturated rings. The zero-order valence-electron chi connectivity index (χ0n) is 15.2. The Morgan fingerprint density at radius 2 is 1.96 bits per heavy atom. The molecule has 0 aliphatic carbocycles. The molecule has 2 aromatic carbocycles. The van der Waals surface area contributed by atoms with Crippen LogP contribution in [0.3, 0.4) is 0 Å². The minimum absolute atomic E-state index is 0.0741. The smallest absolute Gasteiger partial charge is 0.294 e. The Morgan fingerprint density at radius 1 is 1.21 bits per heavy atom. The van der Waals surface area contributed by atoms with Crippen molar-refractivity contribution in [2.75, 3.05) is 11.9 Å². The number of rotatable bonds is 4. The van der Waals surface area contributed by atoms with Crippen LogP contribution < -0.4 is 5.32 Å². The molecule has 28 heavy (non-hydrogen) atoms. The second kappa shape index (κ2) is 8.08. The summed E-state index contributed by atoms with van der Waals surface area (Å²) < 4.78 is 0. The van der Waals surface area contributed by atoms with Crippen LogP contribution in [0.15, 0.2) is 41.3 Å². The minimum atomic E-state index is -0.546. The molecule has 0 atom stereocenters. The maximum absolute atomic E-state index is 12.5. The van der Waals surface area contributed by atoms with E-state index in [1.54, 1.807) is 12.1 Å². The fraction of sp³-hybridized carbons (Fsp3) is 0.150. The number of imide groups is 1. The Balaban J connectivity index is 1.71. The van der Waals surface area contributed by atoms with Crippen molar-refractivity contribution in [1.82, 2.24) is 4.90 Å². The van der Waals surface area contributed by atoms with E-state index in [0.29, 0.717) is 11.3 Å². The number of anilines is 1. The largest absolute Gasteiger partial charge is 0.506 e. The van der Waals surface area contributed by atoms with Gasteiger partial charge in [0.25, 0.3) is 11.1 Å². The van der Waals surface area contributed by atoms with Crippen molar-refractivity contribution < 1.29 is 19.5 Å². The molecule has 8 heteroatoms. The lowest BCUT2D eigenvalue weighted by atomic mass is 10.1. The lowest BCUT2D eigenvalue weighted by molar-refractivity contribution is -0.127. The molecule has 2 N–H and O–H groups in total. The first-order chi connectivity index (χ1) is 13.2. The van der Waals surface area contributed by atoms with Crippen LogP contribution in [0.2, 0.25) is 5.02 Å². The maximum atomic E-state index is 12.5. The van der Waals surface area contributed by atoms with Crippen molar-refractivity contribution in [3.63, 3.8) is 0 Å². The quantitative estimate of drug-likeness (QED) is 0.724. The van der Waals surface area contributed by atoms with Crippen LogP contribution >= 0.6 is 23.4 Å². The summed E-state index contributed by atoms with van der Waals surface area (Å²) in [4.78, 5) is 38.1. The Bertz CT molecular complexity index is 1020. The number of carbonyl (C=O) groups is 3. The molecule has 0 aromatic heterocycles. The molecule has 1 aliphatic rings. The number of aryl methyl sites for hydroxylation is 2. The van der Waals surface area contributed by atoms with Gasteiger partial charge in [0.15, 0.2) is 0 Å². The molecule has 2 aromatic rings. The van der Waals surface area contributed by atoms with E-state index in [0.717, 1.165) is 27.8 Å². The normalized spacial score (nSPS) is 15.4. The summed E-state index contributed by atoms with van der Waals surface area (Å²) in [5, 5.41) is 11.8. The van der Waals surface area contributed by atoms with Gasteiger partial charge in [0.1, 0.15) is 12.3 Å². The van der Waals surface area contributed by atoms with Crippen LogP contribution in [0, 0.1) is 13.8 Å². The van der Waals surface area contributed by atoms with Crippen molar-refractivity contribution in [2.45, 2.75) is 13.8 Å². The lowest BCUT2D eigenvalue weighted by Crippen LogP contribution is -2.36. The number of phenols is 1. The van der Waals surface area contributed by atoms with E-state index in [9.17, 15) is 19.5 Å². The van der Waals surface area contributed by atoms with E-state index in [1.165, 1.54) is 18.2 Å². The Labute approximate surface area is 171 Å². The first-order valence-electron chi connectivity index (χ1n) is 8.35. The highest BCUT2D eigenvalue weighted by Gasteiger charge is 2.36. The molecule has 0 unspecified atom stereocenters. The lowest BCUT2D eigenvalue weighted by Gasteiger charge is -2.14. The number of nitrogens with one attached hydrogen (secondary N) is 1. The number of halogens is 1. The molecule has 1 saturated heterocycles. The van der Waals surface area contributed by atoms with E-state index in [-0.39, 0.29) is 22.2 Å². The zero-order valence-corrected chi connectivity index (χ0v) is 16.7. The average molecular weight is 417 g/mol. The maximum Gasteiger partial charge on any atom is 0.294 e. The number of aromatic hydroxyl groups is 1. The van der Waals surface area contributed by atoms with Gasteiger partial charge in [-0.3, -0.25) is 19.3 Å². The topological polar surface area (TPSA) is 86.7 Å². The summed E-state index contributed by atoms with van der Waals surface area (Å²) in [7, 11) is 0. The minimum Gasteiger partial charge on any atom is -0.506 e. The second-order valence-electron chi connectivity index (χ2n) is 6.35. The number of phenolic OH excluding ortho intramolecular Hbond substituents is 1. The molecule has 0 bridgehead atoms. The Hall–Kier alpha value is -2.77. The molecule has 6 nitrogen and oxygen atoms in total. The van der Waals surface area contributed by atoms with Crippen LogP contribution in [0.5, 0.6) is 5.75 Å². The molecular formula is C20H17ClN2O4S. The van der Waals surface area contributed by atoms with E-state index in [2.05, 4.69) is 5.32 Å². The highest BCUT2D eigenvalue weighted by molar-refractivity contribution is 8.18. The first-order valence-corrected chi connectivity index (χ1v) is 9.55. The number of hydrogen-bond acceptors (Lipinski definition) is 5. The fourth-order valence-corrected chi connectivity index (χ4v) is 3.72. The number of amides is 3. The number of carbonyl (C=O) groups excluding carboxylic acids is 3. The molecule has 3 rings (SSSR count). The van der Waals surface area contributed by atoms with Crippen molar-refractivity contribution in [2.24, 2.45) is 0 Å². The van der Waals surface area contributed by atoms with Gasteiger partial charge in [0.2, 0.25) is 5.91 Å². The van der Waals surface area contributed by atoms with Gasteiger partial charge in [-0.05, 0) is 61.0 Å². The monoisotopic (exact) mass is 416 g/mol. The van der Waals surface area contributed by atoms with Crippen molar-refractivity contribution in [3.8, 4) is 5.75 Å². The predicted molar refractivity (Wildman–Crippen MR) is 110 cm³/mol. The zero-order chi connectivity index (χ0) is 20.4. The number of nitrogens with zero attached hydrogens (tertiary/aromatic N) is 1. The second-order valence-corrected chi connectivity index (χ2v) is 7.75. The van der Waals surface area contributed by atoms with E-state index < -0.39 is 17.1 Å². The van der Waals surface area contributed by atoms with Crippen molar-refractivity contribution in [3.05, 3.63) is 63.0 Å². The molecule has 1 aliphatic heterocycles. The number of benzene rings is 2. The van der Waals surface area contributed by atoms with Gasteiger partial charge in [0, 0.05) is 5.69 Å². The van der Waals surface area contributed by atoms with E-state index in [4.69, 9.17) is 11.6 Å². The molecule has 1 heterocycles. The summed E-state index contributed by atoms with van der Waals surface area (Å²) in [5.74, 6) is -1.08. The molecular weight excluding hydrogens is 400 g/mol. The third-order valence-electron chi connectivity index (χ3n) is 4.10. The van der Waals surface area contributed by atoms with Gasteiger partial charge in [0.05, 0.1) is 9.93 Å². The van der Waals surface area contributed by atoms with Crippen molar-refractivity contribution in [1.29, 1.82) is 0 Å². The third kappa shape index (κ3) is 4.37. The fourth-order valence-electron chi connectivity index (χ4n) is 2.69. The average Bonchev–Trinajstić information content (AvgIpc) is 2.88. The predicted octanol–water partition coefficient (Wildman–Crippen LogP) is 4.34. The molecule has 0 saturated carbocycles. The Morgan fingerprint density at radius 3 is 2.64 bits per heavy atom. The summed E-state index contributed by atoms with van der Waals surface area (Å²) in [6.07, 6.45) is 1.50. The standard InChI is InChI=1S/C20H17ClN2O4S/c1-11-3-5-15(12(2)7-11)22-18(25)10-23-19(26)17(28-20(23)27)9-13-4-6-16(24)14(21)8-13/h3-9,24H,10H2,1-2H3,(H,22,25)/b17-9+. The van der Waals surface area contributed by atoms with Gasteiger partial charge in [-0.1, -0.05) is 35.4 Å². The van der Waals surface area contributed by atoms with Gasteiger partial charge in [-0.25, -0.2) is 0 Å². The van der Waals surface area contributed by atoms with Gasteiger partial charge in [-0.2, -0.15) is 0 Å². The summed E-state index contributed by atoms with van der Waals surface area (Å²) >= 11 is 6.61. The van der Waals surface area contributed by atoms with Gasteiger partial charge >= 0.3 is 0 Å². The highest BCUT2D eigenvalue weighted by atomic mass is 35.5. The van der Waals surface area contributed by atoms with E-state index >= 15 is 0 Å². The van der Waals surface area contributed by atoms with Crippen molar-refractivity contribution >= 4 is 52.2 Å². The first kappa shape index (κ1) is 20.0. The van der Waals surface area contributed by atoms with Gasteiger partial charge in [-0.15, -0.1) is 0 Å². The summed E-state index contributed by atoms with van der Waals surface area (Å²) in [6.45, 7) is 3.45. The highest BCUT2D eigenvalue weighted by Crippen LogP contribution is 2.33. The summed E-state index contributed by atoms with van der Waals surface area (Å²) in [6, 6.07) is 10.0. The van der Waals surface area contributed by atoms with Crippen LogP contribution in [-0.2, 0) is 9.59 Å². The molecule has 3 amide bonds. The Kier molecular flexibility index (Phi) is 5.76. The molecule has 144 valence electrons. The van der Waals surface area contributed by atoms with Crippen LogP contribution in [0.4, 0.5) is 10.5 Å². The van der Waals surface area contributed by atoms with Crippen LogP contribution in [-0.4, -0.2) is 33.6 Å². The van der Waals surface area contributed by atoms with Crippen LogP contribution in [0.1, 0.15) is 16.7 Å². The third-order valence-corrected chi connectivity index (χ3v) is 5.31. The summed E-state index contributed by atoms with van der Waals surface area (Å²) in [5.41, 5.74) is 3.16. The van der Waals surface area contributed by atoms with Crippen LogP contribution in [0.25, 0.3) is 6.08 Å². The van der Waals surface area contributed by atoms with Gasteiger partial charge < -0.3 is 10.4 Å². The molecule has 0 radical (unpaired) electrons. The SMILES string of the molecule is Cc1ccc(NC(=O)CN2C(=O)S/C(=C/c3ccc(O)c(Cl)c3)C2=O)c(C)c1. The molecule has 0 spiro atoms. The number of thioether (sulfide) groups is 1.